The number of carbonyl (C=O) groups is 1. The molecule has 0 aromatic heterocycles. The summed E-state index contributed by atoms with van der Waals surface area (Å²) in [7, 11) is -3.84. The summed E-state index contributed by atoms with van der Waals surface area (Å²) in [5.41, 5.74) is 6.22. The zero-order valence-electron chi connectivity index (χ0n) is 12.9. The first-order valence-corrected chi connectivity index (χ1v) is 8.48. The molecule has 7 heteroatoms. The van der Waals surface area contributed by atoms with Gasteiger partial charge in [0.25, 0.3) is 15.9 Å². The highest BCUT2D eigenvalue weighted by Gasteiger charge is 2.18. The van der Waals surface area contributed by atoms with E-state index in [4.69, 9.17) is 10.5 Å². The van der Waals surface area contributed by atoms with E-state index in [0.717, 1.165) is 0 Å². The van der Waals surface area contributed by atoms with Gasteiger partial charge in [-0.1, -0.05) is 12.1 Å². The average molecular weight is 334 g/mol. The molecule has 0 heterocycles. The van der Waals surface area contributed by atoms with E-state index >= 15 is 0 Å². The number of rotatable bonds is 6. The Hall–Kier alpha value is -2.54. The molecule has 0 aliphatic rings. The number of hydrogen-bond acceptors (Lipinski definition) is 4. The van der Waals surface area contributed by atoms with Crippen molar-refractivity contribution in [2.24, 2.45) is 5.73 Å². The van der Waals surface area contributed by atoms with Gasteiger partial charge in [0.1, 0.15) is 5.75 Å². The number of para-hydroxylation sites is 1. The Labute approximate surface area is 135 Å². The minimum Gasteiger partial charge on any atom is -0.494 e. The van der Waals surface area contributed by atoms with Crippen LogP contribution in [0, 0.1) is 6.92 Å². The smallest absolute Gasteiger partial charge is 0.261 e. The summed E-state index contributed by atoms with van der Waals surface area (Å²) in [5, 5.41) is 0. The largest absolute Gasteiger partial charge is 0.494 e. The molecule has 0 unspecified atom stereocenters. The number of primary amides is 1. The van der Waals surface area contributed by atoms with Crippen LogP contribution < -0.4 is 15.2 Å². The van der Waals surface area contributed by atoms with Crippen LogP contribution in [0.5, 0.6) is 5.75 Å². The van der Waals surface area contributed by atoms with Gasteiger partial charge in [-0.2, -0.15) is 0 Å². The third-order valence-electron chi connectivity index (χ3n) is 3.19. The Kier molecular flexibility index (Phi) is 4.90. The zero-order chi connectivity index (χ0) is 17.0. The van der Waals surface area contributed by atoms with Gasteiger partial charge >= 0.3 is 0 Å². The van der Waals surface area contributed by atoms with Gasteiger partial charge in [0.05, 0.1) is 22.8 Å². The second-order valence-electron chi connectivity index (χ2n) is 4.88. The van der Waals surface area contributed by atoms with Crippen molar-refractivity contribution in [3.63, 3.8) is 0 Å². The van der Waals surface area contributed by atoms with Crippen LogP contribution in [0.4, 0.5) is 5.69 Å². The van der Waals surface area contributed by atoms with Gasteiger partial charge in [0.2, 0.25) is 0 Å². The molecule has 0 aliphatic carbocycles. The summed E-state index contributed by atoms with van der Waals surface area (Å²) < 4.78 is 32.8. The van der Waals surface area contributed by atoms with E-state index in [0.29, 0.717) is 17.9 Å². The highest BCUT2D eigenvalue weighted by atomic mass is 32.2. The molecular formula is C16H18N2O4S. The Morgan fingerprint density at radius 3 is 2.52 bits per heavy atom. The molecule has 0 radical (unpaired) electrons. The van der Waals surface area contributed by atoms with Crippen LogP contribution in [0.1, 0.15) is 22.8 Å². The van der Waals surface area contributed by atoms with Gasteiger partial charge in [0, 0.05) is 0 Å². The van der Waals surface area contributed by atoms with E-state index in [-0.39, 0.29) is 16.1 Å². The molecule has 0 aliphatic heterocycles. The quantitative estimate of drug-likeness (QED) is 0.846. The minimum atomic E-state index is -3.84. The number of anilines is 1. The maximum Gasteiger partial charge on any atom is 0.261 e. The molecule has 3 N–H and O–H groups in total. The number of benzene rings is 2. The lowest BCUT2D eigenvalue weighted by molar-refractivity contribution is 0.100. The number of hydrogen-bond donors (Lipinski definition) is 2. The topological polar surface area (TPSA) is 98.5 Å². The fourth-order valence-electron chi connectivity index (χ4n) is 2.10. The summed E-state index contributed by atoms with van der Waals surface area (Å²) in [4.78, 5) is 11.5. The molecule has 23 heavy (non-hydrogen) atoms. The van der Waals surface area contributed by atoms with Gasteiger partial charge in [-0.15, -0.1) is 0 Å². The summed E-state index contributed by atoms with van der Waals surface area (Å²) in [5.74, 6) is -0.0739. The van der Waals surface area contributed by atoms with Gasteiger partial charge in [-0.25, -0.2) is 8.42 Å². The van der Waals surface area contributed by atoms with E-state index in [1.807, 2.05) is 6.92 Å². The lowest BCUT2D eigenvalue weighted by Crippen LogP contribution is -2.18. The second kappa shape index (κ2) is 6.70. The second-order valence-corrected chi connectivity index (χ2v) is 6.56. The van der Waals surface area contributed by atoms with Crippen molar-refractivity contribution in [3.05, 3.63) is 53.6 Å². The molecule has 2 rings (SSSR count). The Morgan fingerprint density at radius 2 is 1.91 bits per heavy atom. The van der Waals surface area contributed by atoms with Gasteiger partial charge < -0.3 is 10.5 Å². The predicted molar refractivity (Wildman–Crippen MR) is 88.1 cm³/mol. The molecule has 0 bridgehead atoms. The number of ether oxygens (including phenoxy) is 1. The van der Waals surface area contributed by atoms with E-state index in [2.05, 4.69) is 4.72 Å². The third-order valence-corrected chi connectivity index (χ3v) is 4.56. The van der Waals surface area contributed by atoms with Crippen molar-refractivity contribution in [1.82, 2.24) is 0 Å². The van der Waals surface area contributed by atoms with Gasteiger partial charge in [-0.3, -0.25) is 9.52 Å². The van der Waals surface area contributed by atoms with Crippen LogP contribution >= 0.6 is 0 Å². The van der Waals surface area contributed by atoms with Crippen LogP contribution in [-0.2, 0) is 10.0 Å². The molecule has 122 valence electrons. The first-order valence-electron chi connectivity index (χ1n) is 7.00. The SMILES string of the molecule is CCOc1ccc(S(=O)(=O)Nc2ccccc2C(N)=O)cc1C. The van der Waals surface area contributed by atoms with Crippen LogP contribution in [0.25, 0.3) is 0 Å². The number of nitrogens with one attached hydrogen (secondary N) is 1. The molecule has 2 aromatic carbocycles. The summed E-state index contributed by atoms with van der Waals surface area (Å²) >= 11 is 0. The highest BCUT2D eigenvalue weighted by Crippen LogP contribution is 2.24. The summed E-state index contributed by atoms with van der Waals surface area (Å²) in [6, 6.07) is 10.7. The molecule has 2 aromatic rings. The number of carbonyl (C=O) groups excluding carboxylic acids is 1. The van der Waals surface area contributed by atoms with Crippen LogP contribution in [0.3, 0.4) is 0 Å². The van der Waals surface area contributed by atoms with Crippen molar-refractivity contribution < 1.29 is 17.9 Å². The van der Waals surface area contributed by atoms with E-state index in [1.165, 1.54) is 24.3 Å². The molecule has 1 amide bonds. The Morgan fingerprint density at radius 1 is 1.22 bits per heavy atom. The van der Waals surface area contributed by atoms with Gasteiger partial charge in [0.15, 0.2) is 0 Å². The van der Waals surface area contributed by atoms with E-state index < -0.39 is 15.9 Å². The fourth-order valence-corrected chi connectivity index (χ4v) is 3.26. The van der Waals surface area contributed by atoms with E-state index in [9.17, 15) is 13.2 Å². The molecule has 6 nitrogen and oxygen atoms in total. The highest BCUT2D eigenvalue weighted by molar-refractivity contribution is 7.92. The van der Waals surface area contributed by atoms with Crippen molar-refractivity contribution in [1.29, 1.82) is 0 Å². The van der Waals surface area contributed by atoms with Crippen LogP contribution in [-0.4, -0.2) is 20.9 Å². The van der Waals surface area contributed by atoms with Crippen molar-refractivity contribution in [2.75, 3.05) is 11.3 Å². The summed E-state index contributed by atoms with van der Waals surface area (Å²) in [6.45, 7) is 4.12. The molecule has 0 spiro atoms. The molecule has 0 fully saturated rings. The monoisotopic (exact) mass is 334 g/mol. The maximum atomic E-state index is 12.5. The number of amides is 1. The number of sulfonamides is 1. The minimum absolute atomic E-state index is 0.0812. The Balaban J connectivity index is 2.37. The van der Waals surface area contributed by atoms with E-state index in [1.54, 1.807) is 25.1 Å². The van der Waals surface area contributed by atoms with Crippen molar-refractivity contribution >= 4 is 21.6 Å². The molecule has 0 saturated carbocycles. The first-order chi connectivity index (χ1) is 10.8. The van der Waals surface area contributed by atoms with Crippen LogP contribution in [0.2, 0.25) is 0 Å². The van der Waals surface area contributed by atoms with Crippen molar-refractivity contribution in [2.45, 2.75) is 18.7 Å². The van der Waals surface area contributed by atoms with Crippen molar-refractivity contribution in [3.8, 4) is 5.75 Å². The molecule has 0 saturated heterocycles. The maximum absolute atomic E-state index is 12.5. The lowest BCUT2D eigenvalue weighted by atomic mass is 10.2. The number of aryl methyl sites for hydroxylation is 1. The standard InChI is InChI=1S/C16H18N2O4S/c1-3-22-15-9-8-12(10-11(15)2)23(20,21)18-14-7-5-4-6-13(14)16(17)19/h4-10,18H,3H2,1-2H3,(H2,17,19). The average Bonchev–Trinajstić information content (AvgIpc) is 2.49. The normalized spacial score (nSPS) is 11.0. The van der Waals surface area contributed by atoms with Gasteiger partial charge in [-0.05, 0) is 49.7 Å². The fraction of sp³-hybridized carbons (Fsp3) is 0.188. The first kappa shape index (κ1) is 16.8. The third kappa shape index (κ3) is 3.81. The molecule has 0 atom stereocenters. The molecular weight excluding hydrogens is 316 g/mol. The Bertz CT molecular complexity index is 832. The zero-order valence-corrected chi connectivity index (χ0v) is 13.7. The number of nitrogens with two attached hydrogens (primary N) is 1. The lowest BCUT2D eigenvalue weighted by Gasteiger charge is -2.13. The van der Waals surface area contributed by atoms with Crippen LogP contribution in [0.15, 0.2) is 47.4 Å². The predicted octanol–water partition coefficient (Wildman–Crippen LogP) is 2.29. The summed E-state index contributed by atoms with van der Waals surface area (Å²) in [6.07, 6.45) is 0.